The van der Waals surface area contributed by atoms with Crippen LogP contribution in [0, 0.1) is 0 Å². The predicted octanol–water partition coefficient (Wildman–Crippen LogP) is 2.85. The first-order valence-corrected chi connectivity index (χ1v) is 5.20. The zero-order chi connectivity index (χ0) is 11.3. The van der Waals surface area contributed by atoms with Crippen LogP contribution in [0.2, 0.25) is 0 Å². The van der Waals surface area contributed by atoms with Gasteiger partial charge in [-0.15, -0.1) is 0 Å². The van der Waals surface area contributed by atoms with Gasteiger partial charge in [-0.1, -0.05) is 70.3 Å². The number of amidine groups is 1. The largest absolute Gasteiger partial charge is 0.389 e. The monoisotopic (exact) mass is 266 g/mol. The molecule has 0 bridgehead atoms. The average molecular weight is 268 g/mol. The van der Waals surface area contributed by atoms with E-state index in [1.165, 1.54) is 0 Å². The lowest BCUT2D eigenvalue weighted by Crippen LogP contribution is -2.28. The molecule has 0 aliphatic carbocycles. The fraction of sp³-hybridized carbons (Fsp3) is 0.222. The maximum Gasteiger partial charge on any atom is 0.250 e. The second-order valence-corrected chi connectivity index (χ2v) is 5.01. The van der Waals surface area contributed by atoms with Gasteiger partial charge < -0.3 is 10.6 Å². The van der Waals surface area contributed by atoms with Gasteiger partial charge in [0.2, 0.25) is 0 Å². The number of hydrogen-bond donors (Lipinski definition) is 1. The van der Waals surface area contributed by atoms with Crippen LogP contribution in [0.25, 0.3) is 0 Å². The zero-order valence-corrected chi connectivity index (χ0v) is 9.93. The molecule has 0 atom stereocenters. The first-order chi connectivity index (χ1) is 7.00. The average Bonchev–Trinajstić information content (AvgIpc) is 2.18. The van der Waals surface area contributed by atoms with Crippen LogP contribution in [0.15, 0.2) is 35.5 Å². The molecule has 0 saturated heterocycles. The maximum absolute atomic E-state index is 5.46. The van der Waals surface area contributed by atoms with Crippen LogP contribution in [0.5, 0.6) is 0 Å². The van der Waals surface area contributed by atoms with E-state index in [1.54, 1.807) is 0 Å². The Morgan fingerprint density at radius 1 is 1.27 bits per heavy atom. The summed E-state index contributed by atoms with van der Waals surface area (Å²) in [5, 5.41) is 3.49. The molecule has 1 aromatic rings. The molecule has 0 heterocycles. The summed E-state index contributed by atoms with van der Waals surface area (Å²) in [5.74, 6) is -0.191. The summed E-state index contributed by atoms with van der Waals surface area (Å²) in [7, 11) is 0. The van der Waals surface area contributed by atoms with E-state index in [-0.39, 0.29) is 12.4 Å². The number of rotatable bonds is 3. The quantitative estimate of drug-likeness (QED) is 0.396. The molecule has 3 nitrogen and oxygen atoms in total. The lowest BCUT2D eigenvalue weighted by Gasteiger charge is -2.08. The number of nitrogens with two attached hydrogens (primary N) is 1. The van der Waals surface area contributed by atoms with Gasteiger partial charge in [0.25, 0.3) is 3.79 Å². The second kappa shape index (κ2) is 5.45. The van der Waals surface area contributed by atoms with Crippen LogP contribution < -0.4 is 5.73 Å². The Labute approximate surface area is 103 Å². The summed E-state index contributed by atoms with van der Waals surface area (Å²) in [6, 6.07) is 9.46. The highest BCUT2D eigenvalue weighted by Gasteiger charge is 2.26. The van der Waals surface area contributed by atoms with Gasteiger partial charge in [0, 0.05) is 0 Å². The Morgan fingerprint density at radius 3 is 2.40 bits per heavy atom. The summed E-state index contributed by atoms with van der Waals surface area (Å²) >= 11 is 16.4. The standard InChI is InChI=1S/C9H9Cl3N2O/c10-9(11,12)8(13)14-15-6-7-4-2-1-3-5-7/h1-5H,6H2,(H2,13,14). The molecular formula is C9H9Cl3N2O. The number of oxime groups is 1. The molecule has 0 aliphatic rings. The molecule has 0 aromatic heterocycles. The number of nitrogens with zero attached hydrogens (tertiary/aromatic N) is 1. The van der Waals surface area contributed by atoms with Crippen LogP contribution >= 0.6 is 34.8 Å². The van der Waals surface area contributed by atoms with Gasteiger partial charge in [0.1, 0.15) is 6.61 Å². The lowest BCUT2D eigenvalue weighted by atomic mass is 10.2. The minimum Gasteiger partial charge on any atom is -0.389 e. The third-order valence-corrected chi connectivity index (χ3v) is 2.11. The molecule has 6 heteroatoms. The predicted molar refractivity (Wildman–Crippen MR) is 63.1 cm³/mol. The second-order valence-electron chi connectivity index (χ2n) is 2.73. The van der Waals surface area contributed by atoms with Gasteiger partial charge >= 0.3 is 0 Å². The Morgan fingerprint density at radius 2 is 1.87 bits per heavy atom. The van der Waals surface area contributed by atoms with Gasteiger partial charge in [0.15, 0.2) is 5.84 Å². The third kappa shape index (κ3) is 4.60. The van der Waals surface area contributed by atoms with Crippen LogP contribution in [0.4, 0.5) is 0 Å². The van der Waals surface area contributed by atoms with Crippen molar-refractivity contribution in [1.82, 2.24) is 0 Å². The molecule has 0 spiro atoms. The highest BCUT2D eigenvalue weighted by Crippen LogP contribution is 2.25. The summed E-state index contributed by atoms with van der Waals surface area (Å²) < 4.78 is -1.73. The summed E-state index contributed by atoms with van der Waals surface area (Å²) in [4.78, 5) is 4.92. The molecule has 82 valence electrons. The van der Waals surface area contributed by atoms with E-state index in [4.69, 9.17) is 45.4 Å². The van der Waals surface area contributed by atoms with E-state index in [0.29, 0.717) is 0 Å². The third-order valence-electron chi connectivity index (χ3n) is 1.53. The first-order valence-electron chi connectivity index (χ1n) is 4.06. The Hall–Kier alpha value is -0.640. The first kappa shape index (κ1) is 12.4. The van der Waals surface area contributed by atoms with Crippen molar-refractivity contribution in [2.45, 2.75) is 10.4 Å². The summed E-state index contributed by atoms with van der Waals surface area (Å²) in [6.07, 6.45) is 0. The normalized spacial score (nSPS) is 12.6. The molecular weight excluding hydrogens is 258 g/mol. The summed E-state index contributed by atoms with van der Waals surface area (Å²) in [5.41, 5.74) is 6.30. The van der Waals surface area contributed by atoms with Gasteiger partial charge in [-0.3, -0.25) is 0 Å². The smallest absolute Gasteiger partial charge is 0.250 e. The van der Waals surface area contributed by atoms with Crippen molar-refractivity contribution in [3.05, 3.63) is 35.9 Å². The molecule has 1 aromatic carbocycles. The van der Waals surface area contributed by atoms with Crippen LogP contribution in [-0.4, -0.2) is 9.63 Å². The van der Waals surface area contributed by atoms with Crippen LogP contribution in [-0.2, 0) is 11.4 Å². The van der Waals surface area contributed by atoms with E-state index < -0.39 is 3.79 Å². The zero-order valence-electron chi connectivity index (χ0n) is 7.66. The molecule has 0 saturated carbocycles. The molecule has 0 amide bonds. The van der Waals surface area contributed by atoms with Gasteiger partial charge in [0.05, 0.1) is 0 Å². The highest BCUT2D eigenvalue weighted by molar-refractivity contribution is 6.76. The minimum absolute atomic E-state index is 0.191. The van der Waals surface area contributed by atoms with E-state index in [1.807, 2.05) is 30.3 Å². The molecule has 0 radical (unpaired) electrons. The van der Waals surface area contributed by atoms with Crippen molar-refractivity contribution in [2.24, 2.45) is 10.9 Å². The fourth-order valence-electron chi connectivity index (χ4n) is 0.802. The van der Waals surface area contributed by atoms with Crippen molar-refractivity contribution in [3.63, 3.8) is 0 Å². The van der Waals surface area contributed by atoms with Gasteiger partial charge in [-0.25, -0.2) is 0 Å². The minimum atomic E-state index is -1.73. The lowest BCUT2D eigenvalue weighted by molar-refractivity contribution is 0.129. The van der Waals surface area contributed by atoms with Crippen LogP contribution in [0.1, 0.15) is 5.56 Å². The van der Waals surface area contributed by atoms with Crippen molar-refractivity contribution in [3.8, 4) is 0 Å². The number of hydrogen-bond acceptors (Lipinski definition) is 2. The Kier molecular flexibility index (Phi) is 4.51. The van der Waals surface area contributed by atoms with Gasteiger partial charge in [-0.2, -0.15) is 0 Å². The van der Waals surface area contributed by atoms with Crippen LogP contribution in [0.3, 0.4) is 0 Å². The highest BCUT2D eigenvalue weighted by atomic mass is 35.6. The van der Waals surface area contributed by atoms with Crippen molar-refractivity contribution < 1.29 is 4.84 Å². The molecule has 2 N–H and O–H groups in total. The van der Waals surface area contributed by atoms with E-state index >= 15 is 0 Å². The molecule has 0 aliphatic heterocycles. The molecule has 15 heavy (non-hydrogen) atoms. The van der Waals surface area contributed by atoms with E-state index in [0.717, 1.165) is 5.56 Å². The number of benzene rings is 1. The fourth-order valence-corrected chi connectivity index (χ4v) is 0.906. The Bertz CT molecular complexity index is 335. The van der Waals surface area contributed by atoms with Crippen molar-refractivity contribution in [2.75, 3.05) is 0 Å². The van der Waals surface area contributed by atoms with Crippen molar-refractivity contribution >= 4 is 40.6 Å². The van der Waals surface area contributed by atoms with E-state index in [9.17, 15) is 0 Å². The Balaban J connectivity index is 2.46. The topological polar surface area (TPSA) is 47.6 Å². The molecule has 0 fully saturated rings. The van der Waals surface area contributed by atoms with E-state index in [2.05, 4.69) is 5.16 Å². The summed E-state index contributed by atoms with van der Waals surface area (Å²) in [6.45, 7) is 0.280. The SMILES string of the molecule is N/C(=N\OCc1ccccc1)C(Cl)(Cl)Cl. The maximum atomic E-state index is 5.46. The number of alkyl halides is 3. The molecule has 1 rings (SSSR count). The van der Waals surface area contributed by atoms with Crippen molar-refractivity contribution in [1.29, 1.82) is 0 Å². The molecule has 0 unspecified atom stereocenters. The van der Waals surface area contributed by atoms with Gasteiger partial charge in [-0.05, 0) is 5.56 Å². The number of halogens is 3.